The Kier molecular flexibility index (Phi) is 8.11. The maximum atomic E-state index is 11.9. The van der Waals surface area contributed by atoms with E-state index in [9.17, 15) is 24.0 Å². The van der Waals surface area contributed by atoms with Crippen LogP contribution in [0.15, 0.2) is 0 Å². The van der Waals surface area contributed by atoms with E-state index in [0.717, 1.165) is 0 Å². The third-order valence-corrected chi connectivity index (χ3v) is 2.70. The molecule has 0 rings (SSSR count). The summed E-state index contributed by atoms with van der Waals surface area (Å²) in [5.74, 6) is -2.29. The van der Waals surface area contributed by atoms with E-state index in [1.165, 1.54) is 13.8 Å². The highest BCUT2D eigenvalue weighted by Crippen LogP contribution is 2.27. The van der Waals surface area contributed by atoms with Crippen molar-refractivity contribution in [3.05, 3.63) is 6.92 Å². The standard InChI is InChI=1S/C14H19O7/c1-4-14(9-15,13(19)21-8-11(3)17)6-5-12(18)20-7-10(2)16/h9H,1,4-8H2,2-3H3. The van der Waals surface area contributed by atoms with E-state index in [0.29, 0.717) is 6.29 Å². The van der Waals surface area contributed by atoms with Gasteiger partial charge >= 0.3 is 11.9 Å². The topological polar surface area (TPSA) is 104 Å². The number of hydrogen-bond donors (Lipinski definition) is 0. The maximum Gasteiger partial charge on any atom is 0.319 e. The summed E-state index contributed by atoms with van der Waals surface area (Å²) in [6.07, 6.45) is -0.155. The van der Waals surface area contributed by atoms with Gasteiger partial charge in [0.1, 0.15) is 24.9 Å². The number of ketones is 2. The van der Waals surface area contributed by atoms with E-state index < -0.39 is 24.0 Å². The van der Waals surface area contributed by atoms with Crippen LogP contribution in [-0.2, 0) is 33.4 Å². The van der Waals surface area contributed by atoms with Crippen LogP contribution >= 0.6 is 0 Å². The van der Waals surface area contributed by atoms with E-state index in [-0.39, 0.29) is 37.4 Å². The van der Waals surface area contributed by atoms with Gasteiger partial charge in [0.2, 0.25) is 0 Å². The van der Waals surface area contributed by atoms with E-state index in [1.807, 2.05) is 0 Å². The smallest absolute Gasteiger partial charge is 0.319 e. The van der Waals surface area contributed by atoms with Crippen molar-refractivity contribution in [2.45, 2.75) is 33.1 Å². The van der Waals surface area contributed by atoms with Gasteiger partial charge in [-0.05, 0) is 26.7 Å². The number of aldehydes is 1. The monoisotopic (exact) mass is 299 g/mol. The molecular weight excluding hydrogens is 280 g/mol. The Morgan fingerprint density at radius 1 is 1.05 bits per heavy atom. The molecule has 0 heterocycles. The first-order chi connectivity index (χ1) is 9.77. The summed E-state index contributed by atoms with van der Waals surface area (Å²) in [5.41, 5.74) is -1.59. The molecule has 0 saturated carbocycles. The Bertz CT molecular complexity index is 427. The first kappa shape index (κ1) is 18.9. The second-order valence-corrected chi connectivity index (χ2v) is 4.66. The molecule has 7 nitrogen and oxygen atoms in total. The highest BCUT2D eigenvalue weighted by atomic mass is 16.5. The molecular formula is C14H19O7. The average Bonchev–Trinajstić information content (AvgIpc) is 2.44. The molecule has 0 aromatic rings. The Morgan fingerprint density at radius 3 is 2.00 bits per heavy atom. The molecule has 0 aromatic heterocycles. The molecule has 7 heteroatoms. The zero-order chi connectivity index (χ0) is 16.5. The fourth-order valence-electron chi connectivity index (χ4n) is 1.39. The van der Waals surface area contributed by atoms with Crippen LogP contribution in [-0.4, -0.2) is 43.0 Å². The van der Waals surface area contributed by atoms with Crippen molar-refractivity contribution < 1.29 is 33.4 Å². The Labute approximate surface area is 123 Å². The lowest BCUT2D eigenvalue weighted by Crippen LogP contribution is -2.36. The van der Waals surface area contributed by atoms with Crippen LogP contribution < -0.4 is 0 Å². The summed E-state index contributed by atoms with van der Waals surface area (Å²) >= 11 is 0. The number of esters is 2. The summed E-state index contributed by atoms with van der Waals surface area (Å²) in [6.45, 7) is 5.21. The number of carbonyl (C=O) groups excluding carboxylic acids is 5. The fraction of sp³-hybridized carbons (Fsp3) is 0.571. The van der Waals surface area contributed by atoms with Crippen LogP contribution in [0.4, 0.5) is 0 Å². The van der Waals surface area contributed by atoms with Crippen LogP contribution in [0, 0.1) is 12.3 Å². The van der Waals surface area contributed by atoms with E-state index in [1.54, 1.807) is 0 Å². The predicted octanol–water partition coefficient (Wildman–Crippen LogP) is 0.440. The van der Waals surface area contributed by atoms with Crippen molar-refractivity contribution in [3.63, 3.8) is 0 Å². The zero-order valence-corrected chi connectivity index (χ0v) is 12.2. The molecule has 0 saturated heterocycles. The first-order valence-electron chi connectivity index (χ1n) is 6.34. The number of rotatable bonds is 10. The van der Waals surface area contributed by atoms with Crippen LogP contribution in [0.3, 0.4) is 0 Å². The summed E-state index contributed by atoms with van der Waals surface area (Å²) in [6, 6.07) is 0. The maximum absolute atomic E-state index is 11.9. The van der Waals surface area contributed by atoms with E-state index >= 15 is 0 Å². The largest absolute Gasteiger partial charge is 0.458 e. The van der Waals surface area contributed by atoms with Gasteiger partial charge in [-0.3, -0.25) is 19.2 Å². The minimum absolute atomic E-state index is 0.118. The summed E-state index contributed by atoms with van der Waals surface area (Å²) < 4.78 is 9.35. The highest BCUT2D eigenvalue weighted by Gasteiger charge is 2.39. The van der Waals surface area contributed by atoms with Gasteiger partial charge in [-0.2, -0.15) is 0 Å². The molecule has 0 fully saturated rings. The van der Waals surface area contributed by atoms with Crippen LogP contribution in [0.25, 0.3) is 0 Å². The highest BCUT2D eigenvalue weighted by molar-refractivity contribution is 5.94. The third-order valence-electron chi connectivity index (χ3n) is 2.70. The molecule has 0 aromatic carbocycles. The summed E-state index contributed by atoms with van der Waals surface area (Å²) in [4.78, 5) is 55.9. The molecule has 0 spiro atoms. The molecule has 0 aliphatic carbocycles. The minimum atomic E-state index is -1.59. The van der Waals surface area contributed by atoms with Gasteiger partial charge < -0.3 is 14.3 Å². The predicted molar refractivity (Wildman–Crippen MR) is 71.0 cm³/mol. The van der Waals surface area contributed by atoms with Gasteiger partial charge in [0, 0.05) is 6.42 Å². The Balaban J connectivity index is 4.62. The molecule has 117 valence electrons. The van der Waals surface area contributed by atoms with Crippen molar-refractivity contribution in [2.75, 3.05) is 13.2 Å². The zero-order valence-electron chi connectivity index (χ0n) is 12.2. The van der Waals surface area contributed by atoms with Gasteiger partial charge in [-0.15, -0.1) is 0 Å². The van der Waals surface area contributed by atoms with Gasteiger partial charge in [-0.25, -0.2) is 0 Å². The summed E-state index contributed by atoms with van der Waals surface area (Å²) in [7, 11) is 0. The molecule has 0 bridgehead atoms. The quantitative estimate of drug-likeness (QED) is 0.327. The van der Waals surface area contributed by atoms with Gasteiger partial charge in [-0.1, -0.05) is 6.92 Å². The number of hydrogen-bond acceptors (Lipinski definition) is 7. The van der Waals surface area contributed by atoms with Crippen LogP contribution in [0.5, 0.6) is 0 Å². The normalized spacial score (nSPS) is 12.9. The molecule has 0 aliphatic rings. The van der Waals surface area contributed by atoms with Crippen LogP contribution in [0.2, 0.25) is 0 Å². The minimum Gasteiger partial charge on any atom is -0.458 e. The average molecular weight is 299 g/mol. The van der Waals surface area contributed by atoms with E-state index in [4.69, 9.17) is 4.74 Å². The molecule has 0 aliphatic heterocycles. The second-order valence-electron chi connectivity index (χ2n) is 4.66. The van der Waals surface area contributed by atoms with Crippen molar-refractivity contribution >= 4 is 29.8 Å². The molecule has 0 N–H and O–H groups in total. The van der Waals surface area contributed by atoms with Gasteiger partial charge in [0.05, 0.1) is 0 Å². The molecule has 0 amide bonds. The lowest BCUT2D eigenvalue weighted by Gasteiger charge is -2.23. The van der Waals surface area contributed by atoms with Crippen LogP contribution in [0.1, 0.15) is 33.1 Å². The van der Waals surface area contributed by atoms with Gasteiger partial charge in [0.15, 0.2) is 11.6 Å². The second kappa shape index (κ2) is 8.99. The SMILES string of the molecule is [CH2]CC(C=O)(CCC(=O)OCC(C)=O)C(=O)OCC(C)=O. The van der Waals surface area contributed by atoms with Gasteiger partial charge in [0.25, 0.3) is 0 Å². The third kappa shape index (κ3) is 6.78. The van der Waals surface area contributed by atoms with Crippen molar-refractivity contribution in [3.8, 4) is 0 Å². The number of Topliss-reactive ketones (excluding diaryl/α,β-unsaturated/α-hetero) is 2. The summed E-state index contributed by atoms with van der Waals surface area (Å²) in [5, 5.41) is 0. The molecule has 1 radical (unpaired) electrons. The fourth-order valence-corrected chi connectivity index (χ4v) is 1.39. The molecule has 21 heavy (non-hydrogen) atoms. The number of ether oxygens (including phenoxy) is 2. The molecule has 1 atom stereocenters. The Morgan fingerprint density at radius 2 is 1.57 bits per heavy atom. The van der Waals surface area contributed by atoms with E-state index in [2.05, 4.69) is 11.7 Å². The van der Waals surface area contributed by atoms with Crippen molar-refractivity contribution in [1.29, 1.82) is 0 Å². The lowest BCUT2D eigenvalue weighted by molar-refractivity contribution is -0.161. The lowest BCUT2D eigenvalue weighted by atomic mass is 9.82. The first-order valence-corrected chi connectivity index (χ1v) is 6.34. The molecule has 1 unspecified atom stereocenters. The van der Waals surface area contributed by atoms with Crippen molar-refractivity contribution in [2.24, 2.45) is 5.41 Å². The number of carbonyl (C=O) groups is 5. The Hall–Kier alpha value is -2.05. The van der Waals surface area contributed by atoms with Crippen molar-refractivity contribution in [1.82, 2.24) is 0 Å².